The van der Waals surface area contributed by atoms with Gasteiger partial charge >= 0.3 is 6.01 Å². The average Bonchev–Trinajstić information content (AvgIpc) is 2.58. The zero-order valence-electron chi connectivity index (χ0n) is 7.16. The van der Waals surface area contributed by atoms with Crippen LogP contribution < -0.4 is 5.73 Å². The maximum Gasteiger partial charge on any atom is 0.312 e. The summed E-state index contributed by atoms with van der Waals surface area (Å²) in [7, 11) is 0. The van der Waals surface area contributed by atoms with Gasteiger partial charge in [0.05, 0.1) is 0 Å². The molecule has 1 aromatic heterocycles. The van der Waals surface area contributed by atoms with Crippen LogP contribution in [-0.4, -0.2) is 10.2 Å². The Balaban J connectivity index is 2.19. The van der Waals surface area contributed by atoms with Gasteiger partial charge in [0.2, 0.25) is 5.89 Å². The summed E-state index contributed by atoms with van der Waals surface area (Å²) in [4.78, 5) is 0. The van der Waals surface area contributed by atoms with Crippen LogP contribution in [0.4, 0.5) is 6.01 Å². The molecular formula is C8H13N3O. The highest BCUT2D eigenvalue weighted by Crippen LogP contribution is 2.38. The molecule has 4 heteroatoms. The third kappa shape index (κ3) is 1.17. The summed E-state index contributed by atoms with van der Waals surface area (Å²) in [6.45, 7) is 2.22. The molecule has 66 valence electrons. The lowest BCUT2D eigenvalue weighted by atomic mass is 9.98. The van der Waals surface area contributed by atoms with Gasteiger partial charge in [-0.25, -0.2) is 0 Å². The minimum Gasteiger partial charge on any atom is -0.408 e. The van der Waals surface area contributed by atoms with Crippen LogP contribution in [0, 0.1) is 5.92 Å². The van der Waals surface area contributed by atoms with Crippen LogP contribution in [0.1, 0.15) is 38.0 Å². The van der Waals surface area contributed by atoms with Crippen molar-refractivity contribution in [3.63, 3.8) is 0 Å². The van der Waals surface area contributed by atoms with Gasteiger partial charge in [-0.3, -0.25) is 0 Å². The third-order valence-corrected chi connectivity index (χ3v) is 2.63. The fourth-order valence-electron chi connectivity index (χ4n) is 1.91. The number of hydrogen-bond acceptors (Lipinski definition) is 4. The predicted molar refractivity (Wildman–Crippen MR) is 44.5 cm³/mol. The second kappa shape index (κ2) is 2.77. The van der Waals surface area contributed by atoms with E-state index < -0.39 is 0 Å². The maximum atomic E-state index is 5.35. The molecule has 2 rings (SSSR count). The predicted octanol–water partition coefficient (Wildman–Crippen LogP) is 1.56. The van der Waals surface area contributed by atoms with E-state index in [1.165, 1.54) is 12.8 Å². The fourth-order valence-corrected chi connectivity index (χ4v) is 1.91. The highest BCUT2D eigenvalue weighted by atomic mass is 16.4. The van der Waals surface area contributed by atoms with Crippen LogP contribution >= 0.6 is 0 Å². The Hall–Kier alpha value is -1.06. The first-order valence-corrected chi connectivity index (χ1v) is 4.36. The summed E-state index contributed by atoms with van der Waals surface area (Å²) in [6, 6.07) is 0.184. The van der Waals surface area contributed by atoms with Crippen molar-refractivity contribution in [1.82, 2.24) is 10.2 Å². The van der Waals surface area contributed by atoms with Gasteiger partial charge in [0, 0.05) is 5.92 Å². The van der Waals surface area contributed by atoms with E-state index in [1.807, 2.05) is 0 Å². The van der Waals surface area contributed by atoms with Crippen LogP contribution in [-0.2, 0) is 0 Å². The van der Waals surface area contributed by atoms with E-state index >= 15 is 0 Å². The van der Waals surface area contributed by atoms with E-state index in [9.17, 15) is 0 Å². The largest absolute Gasteiger partial charge is 0.408 e. The number of aromatic nitrogens is 2. The van der Waals surface area contributed by atoms with Crippen LogP contribution in [0.3, 0.4) is 0 Å². The third-order valence-electron chi connectivity index (χ3n) is 2.63. The summed E-state index contributed by atoms with van der Waals surface area (Å²) in [5, 5.41) is 7.56. The van der Waals surface area contributed by atoms with Crippen molar-refractivity contribution in [3.05, 3.63) is 5.89 Å². The van der Waals surface area contributed by atoms with Crippen LogP contribution in [0.5, 0.6) is 0 Å². The quantitative estimate of drug-likeness (QED) is 0.689. The van der Waals surface area contributed by atoms with Crippen molar-refractivity contribution in [1.29, 1.82) is 0 Å². The molecule has 1 fully saturated rings. The fraction of sp³-hybridized carbons (Fsp3) is 0.750. The van der Waals surface area contributed by atoms with Gasteiger partial charge in [-0.2, -0.15) is 0 Å². The minimum absolute atomic E-state index is 0.184. The molecule has 0 aliphatic heterocycles. The molecular weight excluding hydrogens is 154 g/mol. The SMILES string of the molecule is CC1CCCC1c1nnc(N)o1. The molecule has 0 bridgehead atoms. The number of nitrogen functional groups attached to an aromatic ring is 1. The Bertz CT molecular complexity index is 271. The number of rotatable bonds is 1. The van der Waals surface area contributed by atoms with Crippen molar-refractivity contribution in [2.75, 3.05) is 5.73 Å². The van der Waals surface area contributed by atoms with Crippen LogP contribution in [0.2, 0.25) is 0 Å². The van der Waals surface area contributed by atoms with E-state index in [-0.39, 0.29) is 6.01 Å². The van der Waals surface area contributed by atoms with Gasteiger partial charge in [-0.05, 0) is 18.8 Å². The monoisotopic (exact) mass is 167 g/mol. The molecule has 2 unspecified atom stereocenters. The van der Waals surface area contributed by atoms with Gasteiger partial charge in [0.25, 0.3) is 0 Å². The molecule has 12 heavy (non-hydrogen) atoms. The van der Waals surface area contributed by atoms with E-state index in [0.29, 0.717) is 11.8 Å². The minimum atomic E-state index is 0.184. The zero-order chi connectivity index (χ0) is 8.55. The van der Waals surface area contributed by atoms with Gasteiger partial charge in [0.1, 0.15) is 0 Å². The first-order chi connectivity index (χ1) is 5.77. The van der Waals surface area contributed by atoms with E-state index in [1.54, 1.807) is 0 Å². The highest BCUT2D eigenvalue weighted by molar-refractivity contribution is 5.08. The van der Waals surface area contributed by atoms with Crippen LogP contribution in [0.15, 0.2) is 4.42 Å². The Morgan fingerprint density at radius 2 is 2.25 bits per heavy atom. The molecule has 2 N–H and O–H groups in total. The number of hydrogen-bond donors (Lipinski definition) is 1. The lowest BCUT2D eigenvalue weighted by Gasteiger charge is -2.08. The molecule has 0 saturated heterocycles. The van der Waals surface area contributed by atoms with Crippen molar-refractivity contribution < 1.29 is 4.42 Å². The molecule has 0 spiro atoms. The molecule has 0 amide bonds. The summed E-state index contributed by atoms with van der Waals surface area (Å²) in [5.41, 5.74) is 5.35. The number of nitrogens with zero attached hydrogens (tertiary/aromatic N) is 2. The molecule has 4 nitrogen and oxygen atoms in total. The van der Waals surface area contributed by atoms with Crippen molar-refractivity contribution in [2.45, 2.75) is 32.1 Å². The Kier molecular flexibility index (Phi) is 1.75. The molecule has 1 aromatic rings. The lowest BCUT2D eigenvalue weighted by molar-refractivity contribution is 0.408. The maximum absolute atomic E-state index is 5.35. The molecule has 2 atom stereocenters. The van der Waals surface area contributed by atoms with Crippen molar-refractivity contribution in [2.24, 2.45) is 5.92 Å². The lowest BCUT2D eigenvalue weighted by Crippen LogP contribution is -2.01. The van der Waals surface area contributed by atoms with E-state index in [2.05, 4.69) is 17.1 Å². The second-order valence-corrected chi connectivity index (χ2v) is 3.49. The summed E-state index contributed by atoms with van der Waals surface area (Å²) in [5.74, 6) is 1.82. The van der Waals surface area contributed by atoms with Gasteiger partial charge in [-0.15, -0.1) is 5.10 Å². The number of anilines is 1. The van der Waals surface area contributed by atoms with Gasteiger partial charge in [0.15, 0.2) is 0 Å². The Morgan fingerprint density at radius 1 is 1.42 bits per heavy atom. The molecule has 1 aliphatic carbocycles. The second-order valence-electron chi connectivity index (χ2n) is 3.49. The summed E-state index contributed by atoms with van der Waals surface area (Å²) >= 11 is 0. The first kappa shape index (κ1) is 7.58. The van der Waals surface area contributed by atoms with Gasteiger partial charge in [-0.1, -0.05) is 18.4 Å². The smallest absolute Gasteiger partial charge is 0.312 e. The highest BCUT2D eigenvalue weighted by Gasteiger charge is 2.29. The molecule has 1 saturated carbocycles. The standard InChI is InChI=1S/C8H13N3O/c1-5-3-2-4-6(5)7-10-11-8(9)12-7/h5-6H,2-4H2,1H3,(H2,9,11). The average molecular weight is 167 g/mol. The topological polar surface area (TPSA) is 64.9 Å². The van der Waals surface area contributed by atoms with Crippen molar-refractivity contribution >= 4 is 6.01 Å². The van der Waals surface area contributed by atoms with Crippen molar-refractivity contribution in [3.8, 4) is 0 Å². The molecule has 0 aromatic carbocycles. The van der Waals surface area contributed by atoms with Crippen LogP contribution in [0.25, 0.3) is 0 Å². The van der Waals surface area contributed by atoms with E-state index in [0.717, 1.165) is 12.3 Å². The Morgan fingerprint density at radius 3 is 2.75 bits per heavy atom. The molecule has 1 aliphatic rings. The first-order valence-electron chi connectivity index (χ1n) is 4.36. The molecule has 1 heterocycles. The summed E-state index contributed by atoms with van der Waals surface area (Å²) in [6.07, 6.45) is 3.67. The number of nitrogens with two attached hydrogens (primary N) is 1. The van der Waals surface area contributed by atoms with Gasteiger partial charge < -0.3 is 10.2 Å². The zero-order valence-corrected chi connectivity index (χ0v) is 7.16. The Labute approximate surface area is 71.2 Å². The van der Waals surface area contributed by atoms with E-state index in [4.69, 9.17) is 10.2 Å². The normalized spacial score (nSPS) is 29.4. The summed E-state index contributed by atoms with van der Waals surface area (Å²) < 4.78 is 5.19. The molecule has 0 radical (unpaired) electrons.